The van der Waals surface area contributed by atoms with Gasteiger partial charge in [-0.05, 0) is 28.9 Å². The first-order valence-electron chi connectivity index (χ1n) is 4.14. The maximum atomic E-state index is 10.8. The van der Waals surface area contributed by atoms with Crippen LogP contribution in [0.15, 0.2) is 16.6 Å². The van der Waals surface area contributed by atoms with Crippen molar-refractivity contribution >= 4 is 33.2 Å². The van der Waals surface area contributed by atoms with Gasteiger partial charge >= 0.3 is 0 Å². The number of carbonyl (C=O) groups excluding carboxylic acids is 1. The van der Waals surface area contributed by atoms with Gasteiger partial charge in [-0.15, -0.1) is 0 Å². The average Bonchev–Trinajstić information content (AvgIpc) is 2.08. The molecule has 1 amide bonds. The zero-order valence-corrected chi connectivity index (χ0v) is 9.79. The monoisotopic (exact) mass is 272 g/mol. The summed E-state index contributed by atoms with van der Waals surface area (Å²) in [4.78, 5) is 21.0. The number of anilines is 1. The van der Waals surface area contributed by atoms with Crippen LogP contribution in [0.5, 0.6) is 0 Å². The van der Waals surface area contributed by atoms with E-state index in [2.05, 4.69) is 21.2 Å². The second-order valence-corrected chi connectivity index (χ2v) is 3.91. The summed E-state index contributed by atoms with van der Waals surface area (Å²) in [5, 5.41) is 13.2. The lowest BCUT2D eigenvalue weighted by molar-refractivity contribution is -0.385. The van der Waals surface area contributed by atoms with Gasteiger partial charge in [0, 0.05) is 23.0 Å². The molecular weight excluding hydrogens is 264 g/mol. The molecule has 6 heteroatoms. The fourth-order valence-corrected chi connectivity index (χ4v) is 1.70. The van der Waals surface area contributed by atoms with E-state index >= 15 is 0 Å². The Morgan fingerprint density at radius 3 is 2.60 bits per heavy atom. The average molecular weight is 273 g/mol. The Hall–Kier alpha value is -1.43. The van der Waals surface area contributed by atoms with Crippen LogP contribution in [0.3, 0.4) is 0 Å². The van der Waals surface area contributed by atoms with Gasteiger partial charge in [0.2, 0.25) is 5.91 Å². The Kier molecular flexibility index (Phi) is 3.41. The van der Waals surface area contributed by atoms with E-state index in [9.17, 15) is 14.9 Å². The third-order valence-corrected chi connectivity index (χ3v) is 2.45. The van der Waals surface area contributed by atoms with Crippen molar-refractivity contribution in [3.8, 4) is 0 Å². The summed E-state index contributed by atoms with van der Waals surface area (Å²) < 4.78 is 0.626. The van der Waals surface area contributed by atoms with Crippen LogP contribution in [0.1, 0.15) is 12.5 Å². The number of hydrogen-bond acceptors (Lipinski definition) is 3. The lowest BCUT2D eigenvalue weighted by Gasteiger charge is -2.06. The third-order valence-electron chi connectivity index (χ3n) is 1.79. The first-order chi connectivity index (χ1) is 6.91. The van der Waals surface area contributed by atoms with E-state index in [-0.39, 0.29) is 11.6 Å². The molecule has 1 rings (SSSR count). The molecule has 0 saturated carbocycles. The second kappa shape index (κ2) is 4.39. The molecule has 5 nitrogen and oxygen atoms in total. The van der Waals surface area contributed by atoms with Crippen molar-refractivity contribution in [2.24, 2.45) is 0 Å². The minimum atomic E-state index is -0.479. The standard InChI is InChI=1S/C9H9BrN2O3/c1-5-3-7(10)8(11-6(2)13)4-9(5)12(14)15/h3-4H,1-2H3,(H,11,13). The van der Waals surface area contributed by atoms with Crippen molar-refractivity contribution in [2.45, 2.75) is 13.8 Å². The number of carbonyl (C=O) groups is 1. The maximum absolute atomic E-state index is 10.8. The van der Waals surface area contributed by atoms with Gasteiger partial charge in [0.1, 0.15) is 0 Å². The number of amides is 1. The van der Waals surface area contributed by atoms with Crippen LogP contribution < -0.4 is 5.32 Å². The number of nitro benzene ring substituents is 1. The Bertz CT molecular complexity index is 432. The van der Waals surface area contributed by atoms with Gasteiger partial charge in [0.05, 0.1) is 10.6 Å². The largest absolute Gasteiger partial charge is 0.325 e. The van der Waals surface area contributed by atoms with Gasteiger partial charge in [-0.2, -0.15) is 0 Å². The molecule has 0 aromatic heterocycles. The number of rotatable bonds is 2. The highest BCUT2D eigenvalue weighted by Gasteiger charge is 2.14. The molecule has 0 aliphatic heterocycles. The molecular formula is C9H9BrN2O3. The van der Waals surface area contributed by atoms with Gasteiger partial charge in [-0.1, -0.05) is 0 Å². The molecule has 1 aromatic rings. The van der Waals surface area contributed by atoms with Crippen LogP contribution in [-0.2, 0) is 4.79 Å². The van der Waals surface area contributed by atoms with Crippen molar-refractivity contribution in [3.63, 3.8) is 0 Å². The van der Waals surface area contributed by atoms with E-state index in [1.807, 2.05) is 0 Å². The molecule has 0 aliphatic carbocycles. The molecule has 0 atom stereocenters. The highest BCUT2D eigenvalue weighted by atomic mass is 79.9. The van der Waals surface area contributed by atoms with E-state index in [4.69, 9.17) is 0 Å². The Balaban J connectivity index is 3.23. The molecule has 15 heavy (non-hydrogen) atoms. The van der Waals surface area contributed by atoms with Crippen LogP contribution >= 0.6 is 15.9 Å². The smallest absolute Gasteiger partial charge is 0.274 e. The fraction of sp³-hybridized carbons (Fsp3) is 0.222. The molecule has 0 saturated heterocycles. The molecule has 0 fully saturated rings. The molecule has 0 unspecified atom stereocenters. The quantitative estimate of drug-likeness (QED) is 0.665. The van der Waals surface area contributed by atoms with Gasteiger partial charge in [-0.3, -0.25) is 14.9 Å². The molecule has 1 N–H and O–H groups in total. The van der Waals surface area contributed by atoms with Crippen LogP contribution in [0.2, 0.25) is 0 Å². The summed E-state index contributed by atoms with van der Waals surface area (Å²) in [6.07, 6.45) is 0. The van der Waals surface area contributed by atoms with Crippen molar-refractivity contribution in [1.29, 1.82) is 0 Å². The highest BCUT2D eigenvalue weighted by molar-refractivity contribution is 9.10. The lowest BCUT2D eigenvalue weighted by atomic mass is 10.2. The first-order valence-corrected chi connectivity index (χ1v) is 4.93. The van der Waals surface area contributed by atoms with Crippen LogP contribution in [0, 0.1) is 17.0 Å². The molecule has 0 radical (unpaired) electrons. The van der Waals surface area contributed by atoms with Gasteiger partial charge in [-0.25, -0.2) is 0 Å². The number of nitro groups is 1. The minimum Gasteiger partial charge on any atom is -0.325 e. The van der Waals surface area contributed by atoms with Crippen molar-refractivity contribution < 1.29 is 9.72 Å². The minimum absolute atomic E-state index is 0.0121. The van der Waals surface area contributed by atoms with Gasteiger partial charge < -0.3 is 5.32 Å². The molecule has 80 valence electrons. The summed E-state index contributed by atoms with van der Waals surface area (Å²) in [6, 6.07) is 2.93. The van der Waals surface area contributed by atoms with Crippen molar-refractivity contribution in [1.82, 2.24) is 0 Å². The second-order valence-electron chi connectivity index (χ2n) is 3.06. The van der Waals surface area contributed by atoms with Crippen molar-refractivity contribution in [3.05, 3.63) is 32.3 Å². The van der Waals surface area contributed by atoms with E-state index in [0.717, 1.165) is 0 Å². The van der Waals surface area contributed by atoms with Crippen LogP contribution in [0.4, 0.5) is 11.4 Å². The normalized spacial score (nSPS) is 9.80. The number of aryl methyl sites for hydroxylation is 1. The number of halogens is 1. The van der Waals surface area contributed by atoms with E-state index < -0.39 is 4.92 Å². The number of nitrogens with zero attached hydrogens (tertiary/aromatic N) is 1. The Labute approximate surface area is 94.8 Å². The third kappa shape index (κ3) is 2.76. The maximum Gasteiger partial charge on any atom is 0.274 e. The molecule has 0 spiro atoms. The number of benzene rings is 1. The van der Waals surface area contributed by atoms with E-state index in [1.165, 1.54) is 13.0 Å². The number of nitrogens with one attached hydrogen (secondary N) is 1. The first kappa shape index (κ1) is 11.6. The predicted octanol–water partition coefficient (Wildman–Crippen LogP) is 2.62. The Morgan fingerprint density at radius 1 is 1.53 bits per heavy atom. The number of hydrogen-bond donors (Lipinski definition) is 1. The zero-order chi connectivity index (χ0) is 11.6. The summed E-state index contributed by atoms with van der Waals surface area (Å²) in [7, 11) is 0. The predicted molar refractivity (Wildman–Crippen MR) is 59.8 cm³/mol. The SMILES string of the molecule is CC(=O)Nc1cc([N+](=O)[O-])c(C)cc1Br. The van der Waals surface area contributed by atoms with E-state index in [0.29, 0.717) is 15.7 Å². The van der Waals surface area contributed by atoms with Gasteiger partial charge in [0.25, 0.3) is 5.69 Å². The van der Waals surface area contributed by atoms with Crippen molar-refractivity contribution in [2.75, 3.05) is 5.32 Å². The highest BCUT2D eigenvalue weighted by Crippen LogP contribution is 2.30. The fourth-order valence-electron chi connectivity index (χ4n) is 1.14. The molecule has 0 heterocycles. The topological polar surface area (TPSA) is 72.2 Å². The lowest BCUT2D eigenvalue weighted by Crippen LogP contribution is -2.07. The molecule has 1 aromatic carbocycles. The van der Waals surface area contributed by atoms with Gasteiger partial charge in [0.15, 0.2) is 0 Å². The van der Waals surface area contributed by atoms with Crippen LogP contribution in [-0.4, -0.2) is 10.8 Å². The summed E-state index contributed by atoms with van der Waals surface area (Å²) in [5.74, 6) is -0.270. The summed E-state index contributed by atoms with van der Waals surface area (Å²) in [6.45, 7) is 2.98. The van der Waals surface area contributed by atoms with E-state index in [1.54, 1.807) is 13.0 Å². The molecule has 0 aliphatic rings. The van der Waals surface area contributed by atoms with Crippen LogP contribution in [0.25, 0.3) is 0 Å². The zero-order valence-electron chi connectivity index (χ0n) is 8.20. The molecule has 0 bridgehead atoms. The Morgan fingerprint density at radius 2 is 2.13 bits per heavy atom. The summed E-state index contributed by atoms with van der Waals surface area (Å²) >= 11 is 3.22. The summed E-state index contributed by atoms with van der Waals surface area (Å²) in [5.41, 5.74) is 0.933.